The summed E-state index contributed by atoms with van der Waals surface area (Å²) >= 11 is 1.61. The Morgan fingerprint density at radius 3 is 2.68 bits per heavy atom. The molecule has 0 spiro atoms. The molecule has 0 radical (unpaired) electrons. The van der Waals surface area contributed by atoms with Gasteiger partial charge in [-0.05, 0) is 59.2 Å². The molecule has 4 rings (SSSR count). The number of aryl methyl sites for hydroxylation is 1. The van der Waals surface area contributed by atoms with Crippen molar-refractivity contribution in [1.29, 1.82) is 0 Å². The standard InChI is InChI=1S/C23H23N3OS/c1-17-11-13-28-22(17)14-24-25-23(27)20-8-6-18(7-9-20)15-26-12-10-19-4-2-3-5-21(19)16-26/h2-9,11,13-14H,10,12,15-16H2,1H3,(H,25,27)/b24-14-. The lowest BCUT2D eigenvalue weighted by atomic mass is 9.99. The minimum absolute atomic E-state index is 0.191. The number of nitrogens with one attached hydrogen (secondary N) is 1. The van der Waals surface area contributed by atoms with Crippen molar-refractivity contribution in [3.05, 3.63) is 92.7 Å². The summed E-state index contributed by atoms with van der Waals surface area (Å²) in [7, 11) is 0. The van der Waals surface area contributed by atoms with Gasteiger partial charge in [-0.15, -0.1) is 11.3 Å². The Labute approximate surface area is 169 Å². The highest BCUT2D eigenvalue weighted by Crippen LogP contribution is 2.20. The summed E-state index contributed by atoms with van der Waals surface area (Å²) in [4.78, 5) is 15.8. The van der Waals surface area contributed by atoms with Gasteiger partial charge >= 0.3 is 0 Å². The summed E-state index contributed by atoms with van der Waals surface area (Å²) in [6.07, 6.45) is 2.79. The molecular formula is C23H23N3OS. The number of thiophene rings is 1. The number of hydrogen-bond donors (Lipinski definition) is 1. The summed E-state index contributed by atoms with van der Waals surface area (Å²) in [5, 5.41) is 6.08. The third-order valence-electron chi connectivity index (χ3n) is 5.08. The van der Waals surface area contributed by atoms with Crippen LogP contribution in [0, 0.1) is 6.92 Å². The summed E-state index contributed by atoms with van der Waals surface area (Å²) in [5.74, 6) is -0.191. The number of carbonyl (C=O) groups is 1. The fraction of sp³-hybridized carbons (Fsp3) is 0.217. The van der Waals surface area contributed by atoms with Crippen LogP contribution >= 0.6 is 11.3 Å². The Morgan fingerprint density at radius 2 is 1.93 bits per heavy atom. The number of carbonyl (C=O) groups excluding carboxylic acids is 1. The topological polar surface area (TPSA) is 44.7 Å². The molecule has 1 aliphatic heterocycles. The zero-order chi connectivity index (χ0) is 19.3. The number of nitrogens with zero attached hydrogens (tertiary/aromatic N) is 2. The molecule has 0 saturated carbocycles. The molecule has 3 aromatic rings. The van der Waals surface area contributed by atoms with Gasteiger partial charge < -0.3 is 0 Å². The van der Waals surface area contributed by atoms with Gasteiger partial charge in [-0.25, -0.2) is 5.43 Å². The quantitative estimate of drug-likeness (QED) is 0.520. The normalized spacial score (nSPS) is 14.2. The summed E-state index contributed by atoms with van der Waals surface area (Å²) in [6.45, 7) is 4.97. The molecule has 5 heteroatoms. The Kier molecular flexibility index (Phi) is 5.65. The third-order valence-corrected chi connectivity index (χ3v) is 6.04. The second kappa shape index (κ2) is 8.50. The molecule has 0 unspecified atom stereocenters. The van der Waals surface area contributed by atoms with Gasteiger partial charge in [0.25, 0.3) is 5.91 Å². The van der Waals surface area contributed by atoms with E-state index >= 15 is 0 Å². The van der Waals surface area contributed by atoms with Crippen LogP contribution in [0.2, 0.25) is 0 Å². The molecule has 1 amide bonds. The van der Waals surface area contributed by atoms with Gasteiger partial charge in [-0.3, -0.25) is 9.69 Å². The average molecular weight is 390 g/mol. The molecule has 0 fully saturated rings. The number of rotatable bonds is 5. The molecule has 28 heavy (non-hydrogen) atoms. The Hall–Kier alpha value is -2.76. The highest BCUT2D eigenvalue weighted by atomic mass is 32.1. The van der Waals surface area contributed by atoms with Crippen molar-refractivity contribution >= 4 is 23.5 Å². The smallest absolute Gasteiger partial charge is 0.271 e. The van der Waals surface area contributed by atoms with Crippen LogP contribution in [0.1, 0.15) is 37.5 Å². The van der Waals surface area contributed by atoms with Crippen molar-refractivity contribution in [1.82, 2.24) is 10.3 Å². The zero-order valence-electron chi connectivity index (χ0n) is 15.9. The van der Waals surface area contributed by atoms with Gasteiger partial charge in [0.05, 0.1) is 6.21 Å². The first-order chi connectivity index (χ1) is 13.7. The lowest BCUT2D eigenvalue weighted by Gasteiger charge is -2.28. The van der Waals surface area contributed by atoms with Crippen LogP contribution in [0.5, 0.6) is 0 Å². The second-order valence-electron chi connectivity index (χ2n) is 7.09. The van der Waals surface area contributed by atoms with Gasteiger partial charge in [-0.2, -0.15) is 5.10 Å². The van der Waals surface area contributed by atoms with Crippen LogP contribution < -0.4 is 5.43 Å². The minimum atomic E-state index is -0.191. The van der Waals surface area contributed by atoms with Crippen LogP contribution in [0.3, 0.4) is 0 Å². The van der Waals surface area contributed by atoms with Crippen molar-refractivity contribution in [2.75, 3.05) is 6.54 Å². The van der Waals surface area contributed by atoms with Gasteiger partial charge in [0.15, 0.2) is 0 Å². The summed E-state index contributed by atoms with van der Waals surface area (Å²) in [5.41, 5.74) is 8.48. The molecule has 2 heterocycles. The van der Waals surface area contributed by atoms with Crippen molar-refractivity contribution in [3.63, 3.8) is 0 Å². The molecule has 1 N–H and O–H groups in total. The van der Waals surface area contributed by atoms with Gasteiger partial charge in [0, 0.05) is 30.1 Å². The van der Waals surface area contributed by atoms with Crippen molar-refractivity contribution in [3.8, 4) is 0 Å². The molecule has 4 nitrogen and oxygen atoms in total. The highest BCUT2D eigenvalue weighted by molar-refractivity contribution is 7.11. The van der Waals surface area contributed by atoms with Crippen molar-refractivity contribution in [2.45, 2.75) is 26.4 Å². The van der Waals surface area contributed by atoms with E-state index < -0.39 is 0 Å². The van der Waals surface area contributed by atoms with E-state index in [9.17, 15) is 4.79 Å². The maximum absolute atomic E-state index is 12.3. The van der Waals surface area contributed by atoms with Crippen LogP contribution in [0.15, 0.2) is 65.1 Å². The van der Waals surface area contributed by atoms with Gasteiger partial charge in [0.2, 0.25) is 0 Å². The van der Waals surface area contributed by atoms with Crippen LogP contribution in [0.4, 0.5) is 0 Å². The third kappa shape index (κ3) is 4.38. The number of hydrazone groups is 1. The maximum Gasteiger partial charge on any atom is 0.271 e. The van der Waals surface area contributed by atoms with Crippen LogP contribution in [-0.2, 0) is 19.5 Å². The Morgan fingerprint density at radius 1 is 1.14 bits per heavy atom. The summed E-state index contributed by atoms with van der Waals surface area (Å²) < 4.78 is 0. The first-order valence-corrected chi connectivity index (χ1v) is 10.3. The van der Waals surface area contributed by atoms with E-state index in [1.54, 1.807) is 17.6 Å². The first kappa shape index (κ1) is 18.6. The lowest BCUT2D eigenvalue weighted by Crippen LogP contribution is -2.30. The van der Waals surface area contributed by atoms with Gasteiger partial charge in [0.1, 0.15) is 0 Å². The summed E-state index contributed by atoms with van der Waals surface area (Å²) in [6, 6.07) is 18.5. The van der Waals surface area contributed by atoms with E-state index in [0.717, 1.165) is 36.5 Å². The van der Waals surface area contributed by atoms with Crippen LogP contribution in [0.25, 0.3) is 0 Å². The fourth-order valence-corrected chi connectivity index (χ4v) is 4.23. The molecule has 2 aromatic carbocycles. The molecule has 0 bridgehead atoms. The molecule has 142 valence electrons. The number of amides is 1. The largest absolute Gasteiger partial charge is 0.294 e. The minimum Gasteiger partial charge on any atom is -0.294 e. The fourth-order valence-electron chi connectivity index (χ4n) is 3.44. The average Bonchev–Trinajstić information content (AvgIpc) is 3.13. The molecule has 0 atom stereocenters. The predicted octanol–water partition coefficient (Wildman–Crippen LogP) is 4.38. The Bertz CT molecular complexity index is 991. The zero-order valence-corrected chi connectivity index (χ0v) is 16.7. The van der Waals surface area contributed by atoms with E-state index in [1.165, 1.54) is 16.7 Å². The molecule has 1 aliphatic rings. The predicted molar refractivity (Wildman–Crippen MR) is 115 cm³/mol. The lowest BCUT2D eigenvalue weighted by molar-refractivity contribution is 0.0955. The molecular weight excluding hydrogens is 366 g/mol. The second-order valence-corrected chi connectivity index (χ2v) is 8.04. The van der Waals surface area contributed by atoms with E-state index in [1.807, 2.05) is 42.6 Å². The van der Waals surface area contributed by atoms with E-state index in [2.05, 4.69) is 39.7 Å². The Balaban J connectivity index is 1.33. The van der Waals surface area contributed by atoms with E-state index in [0.29, 0.717) is 5.56 Å². The molecule has 1 aromatic heterocycles. The number of fused-ring (bicyclic) bond motifs is 1. The van der Waals surface area contributed by atoms with E-state index in [4.69, 9.17) is 0 Å². The van der Waals surface area contributed by atoms with Gasteiger partial charge in [-0.1, -0.05) is 36.4 Å². The van der Waals surface area contributed by atoms with Crippen molar-refractivity contribution in [2.24, 2.45) is 5.10 Å². The van der Waals surface area contributed by atoms with Crippen molar-refractivity contribution < 1.29 is 4.79 Å². The number of benzene rings is 2. The molecule has 0 saturated heterocycles. The van der Waals surface area contributed by atoms with Crippen LogP contribution in [-0.4, -0.2) is 23.6 Å². The number of hydrogen-bond acceptors (Lipinski definition) is 4. The molecule has 0 aliphatic carbocycles. The van der Waals surface area contributed by atoms with E-state index in [-0.39, 0.29) is 5.91 Å². The first-order valence-electron chi connectivity index (χ1n) is 9.44. The maximum atomic E-state index is 12.3. The SMILES string of the molecule is Cc1ccsc1/C=N\NC(=O)c1ccc(CN2CCc3ccccc3C2)cc1. The monoisotopic (exact) mass is 389 g/mol. The highest BCUT2D eigenvalue weighted by Gasteiger charge is 2.15.